The van der Waals surface area contributed by atoms with Gasteiger partial charge >= 0.3 is 0 Å². The molecule has 0 aromatic carbocycles. The molecule has 0 spiro atoms. The Morgan fingerprint density at radius 2 is 2.29 bits per heavy atom. The maximum Gasteiger partial charge on any atom is 0.157 e. The predicted molar refractivity (Wildman–Crippen MR) is 67.0 cm³/mol. The molecule has 1 aromatic heterocycles. The smallest absolute Gasteiger partial charge is 0.157 e. The van der Waals surface area contributed by atoms with Crippen LogP contribution in [0.1, 0.15) is 19.3 Å². The molecule has 1 saturated heterocycles. The maximum absolute atomic E-state index is 5.56. The van der Waals surface area contributed by atoms with Gasteiger partial charge in [0.05, 0.1) is 12.8 Å². The van der Waals surface area contributed by atoms with Gasteiger partial charge in [-0.2, -0.15) is 0 Å². The van der Waals surface area contributed by atoms with Gasteiger partial charge in [-0.25, -0.2) is 0 Å². The largest absolute Gasteiger partial charge is 0.490 e. The van der Waals surface area contributed by atoms with Gasteiger partial charge in [-0.3, -0.25) is 4.98 Å². The quantitative estimate of drug-likeness (QED) is 0.784. The van der Waals surface area contributed by atoms with Crippen molar-refractivity contribution in [3.63, 3.8) is 0 Å². The van der Waals surface area contributed by atoms with E-state index < -0.39 is 0 Å². The molecule has 0 amide bonds. The highest BCUT2D eigenvalue weighted by molar-refractivity contribution is 9.10. The Morgan fingerprint density at radius 3 is 3.06 bits per heavy atom. The number of hydrogen-bond acceptors (Lipinski definition) is 4. The Hall–Kier alpha value is -0.650. The van der Waals surface area contributed by atoms with Crippen molar-refractivity contribution in [2.45, 2.75) is 25.6 Å². The van der Waals surface area contributed by atoms with Crippen LogP contribution in [0.2, 0.25) is 0 Å². The molecule has 1 fully saturated rings. The molecule has 1 atom stereocenters. The van der Waals surface area contributed by atoms with Gasteiger partial charge in [0.15, 0.2) is 6.29 Å². The summed E-state index contributed by atoms with van der Waals surface area (Å²) in [6.45, 7) is 1.86. The van der Waals surface area contributed by atoms with Crippen molar-refractivity contribution >= 4 is 15.9 Å². The van der Waals surface area contributed by atoms with Crippen LogP contribution in [0.5, 0.6) is 5.75 Å². The van der Waals surface area contributed by atoms with Gasteiger partial charge in [0.1, 0.15) is 12.4 Å². The minimum absolute atomic E-state index is 0.0482. The second-order valence-corrected chi connectivity index (χ2v) is 4.77. The Morgan fingerprint density at radius 1 is 1.35 bits per heavy atom. The lowest BCUT2D eigenvalue weighted by atomic mass is 10.2. The topological polar surface area (TPSA) is 40.6 Å². The van der Waals surface area contributed by atoms with E-state index in [0.29, 0.717) is 13.2 Å². The van der Waals surface area contributed by atoms with E-state index in [1.807, 2.05) is 6.07 Å². The third-order valence-electron chi connectivity index (χ3n) is 2.47. The Labute approximate surface area is 109 Å². The fraction of sp³-hybridized carbons (Fsp3) is 0.583. The lowest BCUT2D eigenvalue weighted by Crippen LogP contribution is -2.24. The third-order valence-corrected chi connectivity index (χ3v) is 2.91. The van der Waals surface area contributed by atoms with Crippen molar-refractivity contribution < 1.29 is 14.2 Å². The Bertz CT molecular complexity index is 342. The van der Waals surface area contributed by atoms with Crippen molar-refractivity contribution in [1.82, 2.24) is 4.98 Å². The number of aromatic nitrogens is 1. The highest BCUT2D eigenvalue weighted by Crippen LogP contribution is 2.16. The number of halogens is 1. The average molecular weight is 302 g/mol. The standard InChI is InChI=1S/C12H16BrNO3/c13-10-7-11(9-14-8-10)15-5-6-17-12-3-1-2-4-16-12/h7-9,12H,1-6H2. The molecule has 2 rings (SSSR count). The zero-order valence-electron chi connectivity index (χ0n) is 9.60. The predicted octanol–water partition coefficient (Wildman–Crippen LogP) is 2.77. The highest BCUT2D eigenvalue weighted by atomic mass is 79.9. The minimum atomic E-state index is -0.0482. The summed E-state index contributed by atoms with van der Waals surface area (Å²) in [5, 5.41) is 0. The summed E-state index contributed by atoms with van der Waals surface area (Å²) in [6.07, 6.45) is 6.66. The van der Waals surface area contributed by atoms with Crippen molar-refractivity contribution in [3.05, 3.63) is 22.9 Å². The summed E-state index contributed by atoms with van der Waals surface area (Å²) in [5.74, 6) is 0.743. The van der Waals surface area contributed by atoms with Crippen LogP contribution in [0, 0.1) is 0 Å². The Balaban J connectivity index is 1.62. The summed E-state index contributed by atoms with van der Waals surface area (Å²) in [5.41, 5.74) is 0. The van der Waals surface area contributed by atoms with Crippen LogP contribution in [0.25, 0.3) is 0 Å². The van der Waals surface area contributed by atoms with Crippen LogP contribution in [0.15, 0.2) is 22.9 Å². The summed E-state index contributed by atoms with van der Waals surface area (Å²) in [7, 11) is 0. The van der Waals surface area contributed by atoms with Crippen LogP contribution in [-0.2, 0) is 9.47 Å². The Kier molecular flexibility index (Phi) is 5.22. The van der Waals surface area contributed by atoms with E-state index in [-0.39, 0.29) is 6.29 Å². The first kappa shape index (κ1) is 12.8. The molecule has 0 bridgehead atoms. The lowest BCUT2D eigenvalue weighted by Gasteiger charge is -2.22. The first-order valence-electron chi connectivity index (χ1n) is 5.81. The van der Waals surface area contributed by atoms with Gasteiger partial charge in [-0.05, 0) is 41.3 Å². The monoisotopic (exact) mass is 301 g/mol. The van der Waals surface area contributed by atoms with E-state index in [1.54, 1.807) is 12.4 Å². The average Bonchev–Trinajstić information content (AvgIpc) is 2.36. The van der Waals surface area contributed by atoms with Crippen molar-refractivity contribution in [1.29, 1.82) is 0 Å². The zero-order valence-corrected chi connectivity index (χ0v) is 11.2. The van der Waals surface area contributed by atoms with Gasteiger partial charge in [-0.1, -0.05) is 0 Å². The first-order valence-corrected chi connectivity index (χ1v) is 6.60. The fourth-order valence-electron chi connectivity index (χ4n) is 1.65. The molecule has 0 N–H and O–H groups in total. The van der Waals surface area contributed by atoms with E-state index in [0.717, 1.165) is 29.7 Å². The summed E-state index contributed by atoms with van der Waals surface area (Å²) in [4.78, 5) is 4.02. The molecule has 4 nitrogen and oxygen atoms in total. The highest BCUT2D eigenvalue weighted by Gasteiger charge is 2.13. The molecule has 0 radical (unpaired) electrons. The van der Waals surface area contributed by atoms with Crippen LogP contribution < -0.4 is 4.74 Å². The second kappa shape index (κ2) is 6.93. The molecule has 2 heterocycles. The van der Waals surface area contributed by atoms with E-state index in [2.05, 4.69) is 20.9 Å². The molecular formula is C12H16BrNO3. The van der Waals surface area contributed by atoms with E-state index in [1.165, 1.54) is 6.42 Å². The summed E-state index contributed by atoms with van der Waals surface area (Å²) in [6, 6.07) is 1.88. The van der Waals surface area contributed by atoms with Crippen LogP contribution in [0.3, 0.4) is 0 Å². The number of rotatable bonds is 5. The summed E-state index contributed by atoms with van der Waals surface area (Å²) < 4.78 is 17.4. The molecule has 1 aliphatic rings. The van der Waals surface area contributed by atoms with Gasteiger partial charge in [0.2, 0.25) is 0 Å². The summed E-state index contributed by atoms with van der Waals surface area (Å²) >= 11 is 3.34. The van der Waals surface area contributed by atoms with Gasteiger partial charge < -0.3 is 14.2 Å². The normalized spacial score (nSPS) is 20.2. The van der Waals surface area contributed by atoms with Crippen molar-refractivity contribution in [2.24, 2.45) is 0 Å². The van der Waals surface area contributed by atoms with Crippen LogP contribution >= 0.6 is 15.9 Å². The second-order valence-electron chi connectivity index (χ2n) is 3.85. The maximum atomic E-state index is 5.56. The molecule has 5 heteroatoms. The van der Waals surface area contributed by atoms with Crippen LogP contribution in [-0.4, -0.2) is 31.1 Å². The zero-order chi connectivity index (χ0) is 11.9. The van der Waals surface area contributed by atoms with Gasteiger partial charge in [0, 0.05) is 17.3 Å². The minimum Gasteiger partial charge on any atom is -0.490 e. The SMILES string of the molecule is Brc1cncc(OCCOC2CCCCO2)c1. The fourth-order valence-corrected chi connectivity index (χ4v) is 2.00. The molecule has 1 aliphatic heterocycles. The molecule has 17 heavy (non-hydrogen) atoms. The number of hydrogen-bond donors (Lipinski definition) is 0. The van der Waals surface area contributed by atoms with Gasteiger partial charge in [-0.15, -0.1) is 0 Å². The van der Waals surface area contributed by atoms with Crippen molar-refractivity contribution in [2.75, 3.05) is 19.8 Å². The molecule has 1 aromatic rings. The number of nitrogens with zero attached hydrogens (tertiary/aromatic N) is 1. The molecule has 0 saturated carbocycles. The number of pyridine rings is 1. The molecule has 94 valence electrons. The molecule has 1 unspecified atom stereocenters. The number of ether oxygens (including phenoxy) is 3. The van der Waals surface area contributed by atoms with Gasteiger partial charge in [0.25, 0.3) is 0 Å². The van der Waals surface area contributed by atoms with E-state index in [9.17, 15) is 0 Å². The van der Waals surface area contributed by atoms with E-state index >= 15 is 0 Å². The first-order chi connectivity index (χ1) is 8.34. The van der Waals surface area contributed by atoms with Crippen LogP contribution in [0.4, 0.5) is 0 Å². The molecule has 0 aliphatic carbocycles. The third kappa shape index (κ3) is 4.61. The van der Waals surface area contributed by atoms with E-state index in [4.69, 9.17) is 14.2 Å². The van der Waals surface area contributed by atoms with Crippen molar-refractivity contribution in [3.8, 4) is 5.75 Å². The molecular weight excluding hydrogens is 286 g/mol. The lowest BCUT2D eigenvalue weighted by molar-refractivity contribution is -0.165.